The molecule has 0 saturated heterocycles. The zero-order valence-corrected chi connectivity index (χ0v) is 11.1. The highest BCUT2D eigenvalue weighted by Gasteiger charge is 2.30. The smallest absolute Gasteiger partial charge is 0.193 e. The number of fused-ring (bicyclic) bond motifs is 2. The van der Waals surface area contributed by atoms with Crippen molar-refractivity contribution in [3.63, 3.8) is 0 Å². The Labute approximate surface area is 114 Å². The fraction of sp³-hybridized carbons (Fsp3) is 0.200. The van der Waals surface area contributed by atoms with E-state index in [9.17, 15) is 4.79 Å². The highest BCUT2D eigenvalue weighted by atomic mass is 32.1. The lowest BCUT2D eigenvalue weighted by Crippen LogP contribution is -2.12. The molecular weight excluding hydrogens is 256 g/mol. The van der Waals surface area contributed by atoms with E-state index in [1.165, 1.54) is 5.56 Å². The molecule has 4 heteroatoms. The predicted molar refractivity (Wildman–Crippen MR) is 74.7 cm³/mol. The van der Waals surface area contributed by atoms with E-state index >= 15 is 0 Å². The maximum absolute atomic E-state index is 12.3. The highest BCUT2D eigenvalue weighted by molar-refractivity contribution is 7.15. The molecule has 1 atom stereocenters. The summed E-state index contributed by atoms with van der Waals surface area (Å²) in [6.45, 7) is 0. The predicted octanol–water partition coefficient (Wildman–Crippen LogP) is 2.99. The fourth-order valence-corrected chi connectivity index (χ4v) is 3.53. The summed E-state index contributed by atoms with van der Waals surface area (Å²) in [6.07, 6.45) is 5.62. The van der Waals surface area contributed by atoms with Crippen LogP contribution in [0.2, 0.25) is 0 Å². The Morgan fingerprint density at radius 3 is 3.11 bits per heavy atom. The SMILES string of the molecule is O=C1c2ccccc2CC1Cc1cn2ccsc2n1. The van der Waals surface area contributed by atoms with E-state index in [0.29, 0.717) is 0 Å². The van der Waals surface area contributed by atoms with Gasteiger partial charge in [-0.3, -0.25) is 9.20 Å². The number of benzene rings is 1. The molecule has 0 bridgehead atoms. The number of carbonyl (C=O) groups excluding carboxylic acids is 1. The topological polar surface area (TPSA) is 34.4 Å². The average molecular weight is 268 g/mol. The molecule has 2 heterocycles. The molecular formula is C15H12N2OS. The summed E-state index contributed by atoms with van der Waals surface area (Å²) in [5, 5.41) is 2.02. The van der Waals surface area contributed by atoms with Crippen molar-refractivity contribution in [2.45, 2.75) is 12.8 Å². The molecule has 0 fully saturated rings. The summed E-state index contributed by atoms with van der Waals surface area (Å²) in [5.74, 6) is 0.328. The molecule has 1 aliphatic rings. The van der Waals surface area contributed by atoms with Crippen LogP contribution >= 0.6 is 11.3 Å². The van der Waals surface area contributed by atoms with Gasteiger partial charge in [-0.05, 0) is 12.0 Å². The van der Waals surface area contributed by atoms with Gasteiger partial charge < -0.3 is 0 Å². The molecule has 4 rings (SSSR count). The van der Waals surface area contributed by atoms with Gasteiger partial charge in [0, 0.05) is 35.7 Å². The van der Waals surface area contributed by atoms with Crippen molar-refractivity contribution in [1.29, 1.82) is 0 Å². The molecule has 1 aromatic carbocycles. The van der Waals surface area contributed by atoms with E-state index in [2.05, 4.69) is 11.1 Å². The minimum Gasteiger partial charge on any atom is -0.297 e. The van der Waals surface area contributed by atoms with Crippen LogP contribution in [0.5, 0.6) is 0 Å². The van der Waals surface area contributed by atoms with Crippen LogP contribution < -0.4 is 0 Å². The molecule has 0 N–H and O–H groups in total. The van der Waals surface area contributed by atoms with Gasteiger partial charge in [-0.25, -0.2) is 4.98 Å². The molecule has 94 valence electrons. The standard InChI is InChI=1S/C15H12N2OS/c18-14-11(7-10-3-1-2-4-13(10)14)8-12-9-17-5-6-19-15(17)16-12/h1-6,9,11H,7-8H2. The van der Waals surface area contributed by atoms with Crippen LogP contribution in [0, 0.1) is 5.92 Å². The first-order chi connectivity index (χ1) is 9.31. The Bertz CT molecular complexity index is 743. The lowest BCUT2D eigenvalue weighted by Gasteiger charge is -2.04. The Morgan fingerprint density at radius 2 is 2.26 bits per heavy atom. The molecule has 0 radical (unpaired) electrons. The van der Waals surface area contributed by atoms with E-state index in [1.807, 2.05) is 40.4 Å². The first kappa shape index (κ1) is 10.9. The van der Waals surface area contributed by atoms with Crippen molar-refractivity contribution >= 4 is 22.1 Å². The second-order valence-electron chi connectivity index (χ2n) is 4.95. The molecule has 0 aliphatic heterocycles. The summed E-state index contributed by atoms with van der Waals surface area (Å²) in [4.78, 5) is 17.9. The maximum atomic E-state index is 12.3. The van der Waals surface area contributed by atoms with Gasteiger partial charge in [0.25, 0.3) is 0 Å². The Balaban J connectivity index is 1.62. The van der Waals surface area contributed by atoms with Crippen LogP contribution in [0.1, 0.15) is 21.6 Å². The molecule has 19 heavy (non-hydrogen) atoms. The van der Waals surface area contributed by atoms with Gasteiger partial charge in [0.05, 0.1) is 5.69 Å². The zero-order chi connectivity index (χ0) is 12.8. The van der Waals surface area contributed by atoms with Crippen molar-refractivity contribution in [3.05, 3.63) is 58.9 Å². The van der Waals surface area contributed by atoms with Crippen LogP contribution in [0.4, 0.5) is 0 Å². The third-order valence-corrected chi connectivity index (χ3v) is 4.49. The summed E-state index contributed by atoms with van der Waals surface area (Å²) >= 11 is 1.62. The quantitative estimate of drug-likeness (QED) is 0.716. The molecule has 1 unspecified atom stereocenters. The highest BCUT2D eigenvalue weighted by Crippen LogP contribution is 2.29. The third kappa shape index (κ3) is 1.71. The van der Waals surface area contributed by atoms with Gasteiger partial charge in [0.2, 0.25) is 0 Å². The van der Waals surface area contributed by atoms with Crippen molar-refractivity contribution in [1.82, 2.24) is 9.38 Å². The third-order valence-electron chi connectivity index (χ3n) is 3.72. The largest absolute Gasteiger partial charge is 0.297 e. The number of thiazole rings is 1. The first-order valence-corrected chi connectivity index (χ1v) is 7.22. The molecule has 2 aromatic heterocycles. The first-order valence-electron chi connectivity index (χ1n) is 6.34. The van der Waals surface area contributed by atoms with Crippen molar-refractivity contribution in [3.8, 4) is 0 Å². The number of Topliss-reactive ketones (excluding diaryl/α,β-unsaturated/α-hetero) is 1. The molecule has 3 aromatic rings. The van der Waals surface area contributed by atoms with Gasteiger partial charge >= 0.3 is 0 Å². The van der Waals surface area contributed by atoms with Crippen molar-refractivity contribution < 1.29 is 4.79 Å². The maximum Gasteiger partial charge on any atom is 0.193 e. The summed E-state index contributed by atoms with van der Waals surface area (Å²) in [5.41, 5.74) is 3.09. The van der Waals surface area contributed by atoms with Crippen molar-refractivity contribution in [2.75, 3.05) is 0 Å². The van der Waals surface area contributed by atoms with Crippen LogP contribution in [-0.4, -0.2) is 15.2 Å². The van der Waals surface area contributed by atoms with Gasteiger partial charge in [-0.2, -0.15) is 0 Å². The minimum absolute atomic E-state index is 0.0574. The number of aromatic nitrogens is 2. The average Bonchev–Trinajstić information content (AvgIpc) is 3.05. The molecule has 1 aliphatic carbocycles. The normalized spacial score (nSPS) is 18.1. The molecule has 0 saturated carbocycles. The number of hydrogen-bond acceptors (Lipinski definition) is 3. The van der Waals surface area contributed by atoms with Gasteiger partial charge in [0.1, 0.15) is 0 Å². The number of ketones is 1. The van der Waals surface area contributed by atoms with Gasteiger partial charge in [0.15, 0.2) is 10.7 Å². The van der Waals surface area contributed by atoms with Gasteiger partial charge in [-0.1, -0.05) is 24.3 Å². The second-order valence-corrected chi connectivity index (χ2v) is 5.82. The number of hydrogen-bond donors (Lipinski definition) is 0. The monoisotopic (exact) mass is 268 g/mol. The Morgan fingerprint density at radius 1 is 1.37 bits per heavy atom. The van der Waals surface area contributed by atoms with Crippen LogP contribution in [-0.2, 0) is 12.8 Å². The summed E-state index contributed by atoms with van der Waals surface area (Å²) in [6, 6.07) is 7.93. The van der Waals surface area contributed by atoms with E-state index < -0.39 is 0 Å². The van der Waals surface area contributed by atoms with Crippen LogP contribution in [0.3, 0.4) is 0 Å². The summed E-state index contributed by atoms with van der Waals surface area (Å²) in [7, 11) is 0. The van der Waals surface area contributed by atoms with Gasteiger partial charge in [-0.15, -0.1) is 11.3 Å². The van der Waals surface area contributed by atoms with E-state index in [4.69, 9.17) is 0 Å². The van der Waals surface area contributed by atoms with Crippen LogP contribution in [0.25, 0.3) is 4.96 Å². The van der Waals surface area contributed by atoms with Crippen LogP contribution in [0.15, 0.2) is 42.0 Å². The minimum atomic E-state index is 0.0574. The molecule has 0 amide bonds. The number of nitrogens with zero attached hydrogens (tertiary/aromatic N) is 2. The number of carbonyl (C=O) groups is 1. The lowest BCUT2D eigenvalue weighted by molar-refractivity contribution is 0.0935. The number of imidazole rings is 1. The molecule has 3 nitrogen and oxygen atoms in total. The summed E-state index contributed by atoms with van der Waals surface area (Å²) < 4.78 is 2.02. The van der Waals surface area contributed by atoms with E-state index in [1.54, 1.807) is 11.3 Å². The van der Waals surface area contributed by atoms with Crippen molar-refractivity contribution in [2.24, 2.45) is 5.92 Å². The molecule has 0 spiro atoms. The number of rotatable bonds is 2. The Hall–Kier alpha value is -1.94. The Kier molecular flexibility index (Phi) is 2.32. The zero-order valence-electron chi connectivity index (χ0n) is 10.2. The second kappa shape index (κ2) is 4.03. The van der Waals surface area contributed by atoms with E-state index in [-0.39, 0.29) is 11.7 Å². The van der Waals surface area contributed by atoms with E-state index in [0.717, 1.165) is 29.1 Å². The lowest BCUT2D eigenvalue weighted by atomic mass is 9.99. The fourth-order valence-electron chi connectivity index (χ4n) is 2.81.